The molecular weight excluding hydrogens is 276 g/mol. The van der Waals surface area contributed by atoms with Crippen LogP contribution in [0.2, 0.25) is 0 Å². The normalized spacial score (nSPS) is 16.4. The number of thioether (sulfide) groups is 1. The van der Waals surface area contributed by atoms with Gasteiger partial charge in [-0.15, -0.1) is 0 Å². The van der Waals surface area contributed by atoms with Crippen molar-refractivity contribution in [1.29, 1.82) is 0 Å². The van der Waals surface area contributed by atoms with Gasteiger partial charge in [0.15, 0.2) is 5.17 Å². The van der Waals surface area contributed by atoms with Crippen molar-refractivity contribution in [2.45, 2.75) is 0 Å². The second kappa shape index (κ2) is 6.60. The van der Waals surface area contributed by atoms with E-state index < -0.39 is 0 Å². The Morgan fingerprint density at radius 1 is 1.25 bits per heavy atom. The second-order valence-electron chi connectivity index (χ2n) is 4.46. The maximum absolute atomic E-state index is 10.6. The molecule has 1 aliphatic heterocycles. The van der Waals surface area contributed by atoms with Gasteiger partial charge in [0.05, 0.1) is 4.92 Å². The number of amidine groups is 1. The van der Waals surface area contributed by atoms with Crippen LogP contribution >= 0.6 is 11.8 Å². The number of anilines is 1. The monoisotopic (exact) mass is 294 g/mol. The molecule has 1 fully saturated rings. The molecule has 1 aromatic rings. The van der Waals surface area contributed by atoms with Gasteiger partial charge in [-0.1, -0.05) is 11.8 Å². The molecule has 0 spiro atoms. The van der Waals surface area contributed by atoms with Gasteiger partial charge < -0.3 is 9.80 Å². The number of rotatable bonds is 2. The summed E-state index contributed by atoms with van der Waals surface area (Å²) in [6.45, 7) is 3.64. The van der Waals surface area contributed by atoms with Crippen LogP contribution in [-0.4, -0.2) is 54.5 Å². The molecule has 1 saturated heterocycles. The van der Waals surface area contributed by atoms with Gasteiger partial charge in [-0.05, 0) is 18.4 Å². The van der Waals surface area contributed by atoms with E-state index in [0.29, 0.717) is 0 Å². The fourth-order valence-corrected chi connectivity index (χ4v) is 2.93. The zero-order valence-electron chi connectivity index (χ0n) is 11.7. The number of piperazine rings is 1. The number of nitro benzene ring substituents is 1. The van der Waals surface area contributed by atoms with E-state index in [1.807, 2.05) is 25.4 Å². The predicted molar refractivity (Wildman–Crippen MR) is 83.8 cm³/mol. The number of non-ortho nitro benzene ring substituents is 1. The molecule has 1 heterocycles. The van der Waals surface area contributed by atoms with Crippen LogP contribution in [0.5, 0.6) is 0 Å². The minimum Gasteiger partial charge on any atom is -0.368 e. The second-order valence-corrected chi connectivity index (χ2v) is 5.23. The first kappa shape index (κ1) is 14.6. The number of hydrogen-bond acceptors (Lipinski definition) is 5. The van der Waals surface area contributed by atoms with Crippen molar-refractivity contribution in [3.63, 3.8) is 0 Å². The Kier molecular flexibility index (Phi) is 4.84. The molecule has 2 rings (SSSR count). The Morgan fingerprint density at radius 2 is 1.85 bits per heavy atom. The molecule has 0 N–H and O–H groups in total. The van der Waals surface area contributed by atoms with Crippen LogP contribution in [0.1, 0.15) is 0 Å². The van der Waals surface area contributed by atoms with Crippen LogP contribution < -0.4 is 4.90 Å². The largest absolute Gasteiger partial charge is 0.368 e. The van der Waals surface area contributed by atoms with Gasteiger partial charge in [0.2, 0.25) is 0 Å². The lowest BCUT2D eigenvalue weighted by Gasteiger charge is -2.37. The van der Waals surface area contributed by atoms with Gasteiger partial charge in [0, 0.05) is 51.0 Å². The molecule has 0 radical (unpaired) electrons. The van der Waals surface area contributed by atoms with E-state index in [9.17, 15) is 10.1 Å². The lowest BCUT2D eigenvalue weighted by Crippen LogP contribution is -2.48. The van der Waals surface area contributed by atoms with E-state index in [-0.39, 0.29) is 10.6 Å². The zero-order chi connectivity index (χ0) is 14.5. The van der Waals surface area contributed by atoms with Crippen molar-refractivity contribution in [3.8, 4) is 0 Å². The molecule has 0 atom stereocenters. The predicted octanol–water partition coefficient (Wildman–Crippen LogP) is 2.07. The molecule has 0 amide bonds. The molecule has 0 aromatic heterocycles. The van der Waals surface area contributed by atoms with Crippen LogP contribution in [0.4, 0.5) is 11.4 Å². The number of aliphatic imine (C=N–C) groups is 1. The summed E-state index contributed by atoms with van der Waals surface area (Å²) in [7, 11) is 1.81. The first-order valence-corrected chi connectivity index (χ1v) is 7.63. The molecule has 0 unspecified atom stereocenters. The topological polar surface area (TPSA) is 62.0 Å². The number of nitrogens with zero attached hydrogens (tertiary/aromatic N) is 4. The summed E-state index contributed by atoms with van der Waals surface area (Å²) in [6.07, 6.45) is 2.03. The third-order valence-corrected chi connectivity index (χ3v) is 4.16. The van der Waals surface area contributed by atoms with Crippen molar-refractivity contribution in [2.75, 3.05) is 44.4 Å². The third kappa shape index (κ3) is 3.22. The van der Waals surface area contributed by atoms with Crippen LogP contribution in [0, 0.1) is 10.1 Å². The summed E-state index contributed by atoms with van der Waals surface area (Å²) in [6, 6.07) is 6.75. The van der Waals surface area contributed by atoms with E-state index in [1.54, 1.807) is 23.9 Å². The molecule has 0 bridgehead atoms. The van der Waals surface area contributed by atoms with Gasteiger partial charge in [-0.3, -0.25) is 15.1 Å². The fourth-order valence-electron chi connectivity index (χ4n) is 2.30. The van der Waals surface area contributed by atoms with Crippen LogP contribution in [0.25, 0.3) is 0 Å². The first-order valence-electron chi connectivity index (χ1n) is 6.41. The summed E-state index contributed by atoms with van der Waals surface area (Å²) in [5.41, 5.74) is 1.17. The molecule has 7 heteroatoms. The molecule has 108 valence electrons. The molecule has 0 saturated carbocycles. The van der Waals surface area contributed by atoms with Gasteiger partial charge in [0.1, 0.15) is 0 Å². The Morgan fingerprint density at radius 3 is 2.30 bits per heavy atom. The number of benzene rings is 1. The third-order valence-electron chi connectivity index (χ3n) is 3.35. The molecule has 0 aliphatic carbocycles. The highest BCUT2D eigenvalue weighted by Gasteiger charge is 2.19. The van der Waals surface area contributed by atoms with E-state index in [4.69, 9.17) is 0 Å². The SMILES string of the molecule is CN=C(SC)N1CCN(c2ccc([N+](=O)[O-])cc2)CC1. The zero-order valence-corrected chi connectivity index (χ0v) is 12.5. The molecular formula is C13H18N4O2S. The van der Waals surface area contributed by atoms with Gasteiger partial charge in [-0.2, -0.15) is 0 Å². The van der Waals surface area contributed by atoms with Crippen molar-refractivity contribution in [2.24, 2.45) is 4.99 Å². The molecule has 1 aliphatic rings. The maximum Gasteiger partial charge on any atom is 0.269 e. The minimum absolute atomic E-state index is 0.134. The summed E-state index contributed by atoms with van der Waals surface area (Å²) < 4.78 is 0. The Balaban J connectivity index is 1.98. The van der Waals surface area contributed by atoms with Crippen LogP contribution in [-0.2, 0) is 0 Å². The minimum atomic E-state index is -0.371. The van der Waals surface area contributed by atoms with Crippen LogP contribution in [0.3, 0.4) is 0 Å². The maximum atomic E-state index is 10.6. The smallest absolute Gasteiger partial charge is 0.269 e. The standard InChI is InChI=1S/C13H18N4O2S/c1-14-13(20-2)16-9-7-15(8-10-16)11-3-5-12(6-4-11)17(18)19/h3-6H,7-10H2,1-2H3. The number of hydrogen-bond donors (Lipinski definition) is 0. The summed E-state index contributed by atoms with van der Waals surface area (Å²) in [5.74, 6) is 0. The van der Waals surface area contributed by atoms with Crippen molar-refractivity contribution in [3.05, 3.63) is 34.4 Å². The van der Waals surface area contributed by atoms with Crippen LogP contribution in [0.15, 0.2) is 29.3 Å². The first-order chi connectivity index (χ1) is 9.65. The lowest BCUT2D eigenvalue weighted by atomic mass is 10.2. The summed E-state index contributed by atoms with van der Waals surface area (Å²) in [4.78, 5) is 19.1. The fraction of sp³-hybridized carbons (Fsp3) is 0.462. The Labute approximate surface area is 122 Å². The van der Waals surface area contributed by atoms with E-state index >= 15 is 0 Å². The Bertz CT molecular complexity index is 496. The average molecular weight is 294 g/mol. The summed E-state index contributed by atoms with van der Waals surface area (Å²) >= 11 is 1.66. The van der Waals surface area contributed by atoms with Crippen molar-refractivity contribution >= 4 is 28.3 Å². The molecule has 1 aromatic carbocycles. The quantitative estimate of drug-likeness (QED) is 0.362. The average Bonchev–Trinajstić information content (AvgIpc) is 2.49. The van der Waals surface area contributed by atoms with E-state index in [0.717, 1.165) is 37.0 Å². The molecule has 20 heavy (non-hydrogen) atoms. The van der Waals surface area contributed by atoms with E-state index in [2.05, 4.69) is 14.8 Å². The highest BCUT2D eigenvalue weighted by molar-refractivity contribution is 8.13. The van der Waals surface area contributed by atoms with Crippen molar-refractivity contribution < 1.29 is 4.92 Å². The van der Waals surface area contributed by atoms with Gasteiger partial charge in [0.25, 0.3) is 5.69 Å². The molecule has 6 nitrogen and oxygen atoms in total. The highest BCUT2D eigenvalue weighted by Crippen LogP contribution is 2.21. The lowest BCUT2D eigenvalue weighted by molar-refractivity contribution is -0.384. The Hall–Kier alpha value is -1.76. The van der Waals surface area contributed by atoms with Gasteiger partial charge >= 0.3 is 0 Å². The highest BCUT2D eigenvalue weighted by atomic mass is 32.2. The van der Waals surface area contributed by atoms with Crippen molar-refractivity contribution in [1.82, 2.24) is 4.90 Å². The van der Waals surface area contributed by atoms with Gasteiger partial charge in [-0.25, -0.2) is 0 Å². The number of nitro groups is 1. The summed E-state index contributed by atoms with van der Waals surface area (Å²) in [5, 5.41) is 11.7. The van der Waals surface area contributed by atoms with E-state index in [1.165, 1.54) is 0 Å².